The number of thiol groups is 1. The third-order valence-electron chi connectivity index (χ3n) is 1.81. The van der Waals surface area contributed by atoms with E-state index in [1.165, 1.54) is 6.20 Å². The number of benzene rings is 1. The zero-order valence-electron chi connectivity index (χ0n) is 7.18. The minimum Gasteiger partial charge on any atom is -0.284 e. The van der Waals surface area contributed by atoms with Gasteiger partial charge in [0.05, 0.1) is 17.4 Å². The first kappa shape index (κ1) is 8.96. The number of rotatable bonds is 2. The molecule has 72 valence electrons. The summed E-state index contributed by atoms with van der Waals surface area (Å²) in [7, 11) is -2.62. The lowest BCUT2D eigenvalue weighted by Gasteiger charge is -2.00. The summed E-state index contributed by atoms with van der Waals surface area (Å²) in [5.74, 6) is 0. The summed E-state index contributed by atoms with van der Waals surface area (Å²) in [4.78, 5) is 4.10. The van der Waals surface area contributed by atoms with E-state index < -0.39 is 10.9 Å². The van der Waals surface area contributed by atoms with Crippen molar-refractivity contribution >= 4 is 27.5 Å². The van der Waals surface area contributed by atoms with Gasteiger partial charge in [-0.15, -0.1) is 0 Å². The van der Waals surface area contributed by atoms with E-state index in [9.17, 15) is 8.42 Å². The second kappa shape index (κ2) is 3.63. The van der Waals surface area contributed by atoms with Crippen molar-refractivity contribution in [1.29, 1.82) is 0 Å². The number of aromatic nitrogens is 1. The molecule has 4 nitrogen and oxygen atoms in total. The number of para-hydroxylation sites is 1. The molecule has 2 rings (SSSR count). The topological polar surface area (TPSA) is 59.1 Å². The van der Waals surface area contributed by atoms with Crippen LogP contribution >= 0.6 is 0 Å². The van der Waals surface area contributed by atoms with Gasteiger partial charge in [0, 0.05) is 5.39 Å². The third-order valence-corrected chi connectivity index (χ3v) is 2.25. The zero-order valence-corrected chi connectivity index (χ0v) is 8.07. The summed E-state index contributed by atoms with van der Waals surface area (Å²) in [5, 5.41) is 0.911. The van der Waals surface area contributed by atoms with E-state index in [4.69, 9.17) is 0 Å². The van der Waals surface area contributed by atoms with Crippen LogP contribution in [0.5, 0.6) is 0 Å². The molecule has 0 spiro atoms. The maximum absolute atomic E-state index is 10.4. The molecule has 0 atom stereocenters. The van der Waals surface area contributed by atoms with Crippen LogP contribution in [-0.4, -0.2) is 13.4 Å². The van der Waals surface area contributed by atoms with Crippen LogP contribution in [-0.2, 0) is 10.9 Å². The normalized spacial score (nSPS) is 10.6. The highest BCUT2D eigenvalue weighted by Crippen LogP contribution is 2.15. The Labute approximate surface area is 82.7 Å². The van der Waals surface area contributed by atoms with Gasteiger partial charge in [-0.3, -0.25) is 9.71 Å². The van der Waals surface area contributed by atoms with E-state index in [2.05, 4.69) is 9.71 Å². The highest BCUT2D eigenvalue weighted by molar-refractivity contribution is 7.73. The van der Waals surface area contributed by atoms with E-state index in [-0.39, 0.29) is 0 Å². The number of pyridine rings is 1. The van der Waals surface area contributed by atoms with Gasteiger partial charge in [0.2, 0.25) is 10.9 Å². The molecule has 2 aromatic rings. The van der Waals surface area contributed by atoms with E-state index in [1.807, 2.05) is 24.3 Å². The standard InChI is InChI=1S/C9H8N2O2S/c12-14(13)11-8-5-7-3-1-2-4-9(7)10-6-8/h1-6,14H,(H,11,12,13). The molecule has 0 aliphatic rings. The molecule has 1 aromatic carbocycles. The number of nitrogens with zero attached hydrogens (tertiary/aromatic N) is 1. The van der Waals surface area contributed by atoms with Gasteiger partial charge in [-0.05, 0) is 12.1 Å². The molecule has 1 aromatic heterocycles. The second-order valence-electron chi connectivity index (χ2n) is 2.79. The van der Waals surface area contributed by atoms with Gasteiger partial charge < -0.3 is 0 Å². The molecule has 14 heavy (non-hydrogen) atoms. The van der Waals surface area contributed by atoms with Crippen molar-refractivity contribution in [2.24, 2.45) is 0 Å². The average Bonchev–Trinajstić information content (AvgIpc) is 2.17. The number of hydrogen-bond acceptors (Lipinski definition) is 3. The molecule has 5 heteroatoms. The van der Waals surface area contributed by atoms with E-state index in [0.717, 1.165) is 10.9 Å². The Kier molecular flexibility index (Phi) is 2.32. The molecule has 0 radical (unpaired) electrons. The summed E-state index contributed by atoms with van der Waals surface area (Å²) in [6.07, 6.45) is 1.49. The summed E-state index contributed by atoms with van der Waals surface area (Å²) in [6, 6.07) is 9.26. The quantitative estimate of drug-likeness (QED) is 0.728. The Bertz CT molecular complexity index is 529. The molecule has 0 saturated carbocycles. The first-order chi connectivity index (χ1) is 6.75. The zero-order chi connectivity index (χ0) is 9.97. The molecular weight excluding hydrogens is 200 g/mol. The first-order valence-corrected chi connectivity index (χ1v) is 5.19. The smallest absolute Gasteiger partial charge is 0.222 e. The van der Waals surface area contributed by atoms with Crippen molar-refractivity contribution in [3.8, 4) is 0 Å². The molecular formula is C9H8N2O2S. The highest BCUT2D eigenvalue weighted by Gasteiger charge is 1.96. The molecule has 1 heterocycles. The van der Waals surface area contributed by atoms with Crippen molar-refractivity contribution in [2.45, 2.75) is 0 Å². The van der Waals surface area contributed by atoms with Crippen LogP contribution in [0.15, 0.2) is 36.5 Å². The summed E-state index contributed by atoms with van der Waals surface area (Å²) in [5.41, 5.74) is 1.33. The van der Waals surface area contributed by atoms with Crippen molar-refractivity contribution in [1.82, 2.24) is 4.98 Å². The Balaban J connectivity index is 2.51. The maximum Gasteiger partial charge on any atom is 0.222 e. The SMILES string of the molecule is O=[SH](=O)Nc1cnc2ccccc2c1. The van der Waals surface area contributed by atoms with Crippen LogP contribution in [0.1, 0.15) is 0 Å². The van der Waals surface area contributed by atoms with E-state index in [1.54, 1.807) is 6.07 Å². The van der Waals surface area contributed by atoms with E-state index in [0.29, 0.717) is 5.69 Å². The van der Waals surface area contributed by atoms with Crippen molar-refractivity contribution in [3.05, 3.63) is 36.5 Å². The molecule has 0 amide bonds. The molecule has 1 N–H and O–H groups in total. The van der Waals surface area contributed by atoms with Gasteiger partial charge in [-0.2, -0.15) is 0 Å². The Morgan fingerprint density at radius 3 is 2.79 bits per heavy atom. The molecule has 0 saturated heterocycles. The van der Waals surface area contributed by atoms with E-state index >= 15 is 0 Å². The van der Waals surface area contributed by atoms with Crippen LogP contribution in [0.2, 0.25) is 0 Å². The molecule has 0 unspecified atom stereocenters. The monoisotopic (exact) mass is 208 g/mol. The largest absolute Gasteiger partial charge is 0.284 e. The fraction of sp³-hybridized carbons (Fsp3) is 0. The molecule has 0 aliphatic carbocycles. The van der Waals surface area contributed by atoms with Crippen LogP contribution in [0.3, 0.4) is 0 Å². The van der Waals surface area contributed by atoms with Crippen molar-refractivity contribution < 1.29 is 8.42 Å². The van der Waals surface area contributed by atoms with Crippen molar-refractivity contribution in [3.63, 3.8) is 0 Å². The van der Waals surface area contributed by atoms with Gasteiger partial charge in [0.1, 0.15) is 0 Å². The summed E-state index contributed by atoms with van der Waals surface area (Å²) in [6.45, 7) is 0. The molecule has 0 bridgehead atoms. The van der Waals surface area contributed by atoms with Crippen LogP contribution in [0, 0.1) is 0 Å². The minimum absolute atomic E-state index is 0.486. The lowest BCUT2D eigenvalue weighted by atomic mass is 10.2. The van der Waals surface area contributed by atoms with Gasteiger partial charge >= 0.3 is 0 Å². The molecule has 0 aliphatic heterocycles. The number of nitrogens with one attached hydrogen (secondary N) is 1. The predicted octanol–water partition coefficient (Wildman–Crippen LogP) is 1.17. The number of anilines is 1. The number of fused-ring (bicyclic) bond motifs is 1. The van der Waals surface area contributed by atoms with Gasteiger partial charge in [0.15, 0.2) is 0 Å². The average molecular weight is 208 g/mol. The Hall–Kier alpha value is -1.62. The first-order valence-electron chi connectivity index (χ1n) is 4.01. The Morgan fingerprint density at radius 2 is 2.00 bits per heavy atom. The van der Waals surface area contributed by atoms with Gasteiger partial charge in [0.25, 0.3) is 0 Å². The fourth-order valence-corrected chi connectivity index (χ4v) is 1.57. The minimum atomic E-state index is -2.62. The summed E-state index contributed by atoms with van der Waals surface area (Å²) >= 11 is 0. The second-order valence-corrected chi connectivity index (χ2v) is 3.52. The maximum atomic E-state index is 10.4. The van der Waals surface area contributed by atoms with Crippen LogP contribution in [0.25, 0.3) is 10.9 Å². The van der Waals surface area contributed by atoms with Crippen LogP contribution in [0.4, 0.5) is 5.69 Å². The lowest BCUT2D eigenvalue weighted by molar-refractivity contribution is 0.619. The third kappa shape index (κ3) is 1.82. The fourth-order valence-electron chi connectivity index (χ4n) is 1.24. The molecule has 0 fully saturated rings. The van der Waals surface area contributed by atoms with Gasteiger partial charge in [-0.1, -0.05) is 18.2 Å². The highest BCUT2D eigenvalue weighted by atomic mass is 32.2. The predicted molar refractivity (Wildman–Crippen MR) is 55.7 cm³/mol. The number of hydrogen-bond donors (Lipinski definition) is 2. The lowest BCUT2D eigenvalue weighted by Crippen LogP contribution is -1.95. The summed E-state index contributed by atoms with van der Waals surface area (Å²) < 4.78 is 23.1. The Morgan fingerprint density at radius 1 is 1.21 bits per heavy atom. The van der Waals surface area contributed by atoms with Gasteiger partial charge in [-0.25, -0.2) is 8.42 Å². The van der Waals surface area contributed by atoms with Crippen molar-refractivity contribution in [2.75, 3.05) is 4.72 Å². The van der Waals surface area contributed by atoms with Crippen LogP contribution < -0.4 is 4.72 Å².